The van der Waals surface area contributed by atoms with E-state index in [-0.39, 0.29) is 33.4 Å². The largest absolute Gasteiger partial charge is 0.308 e. The van der Waals surface area contributed by atoms with E-state index in [2.05, 4.69) is 15.9 Å². The molecule has 1 aliphatic rings. The van der Waals surface area contributed by atoms with Crippen LogP contribution in [0, 0.1) is 0 Å². The lowest BCUT2D eigenvalue weighted by Gasteiger charge is -2.26. The standard InChI is InChI=1S/C18H17BrCl2N2O3S/c1-11-7-12-8-13(19)3-6-16(12)23(11)18(24)10-22(2)27(25,26)17-9-14(20)4-5-15(17)21/h3-6,8-9,11H,7,10H2,1-2H3/t11-/m0/s1. The van der Waals surface area contributed by atoms with Crippen molar-refractivity contribution in [3.05, 3.63) is 56.5 Å². The van der Waals surface area contributed by atoms with Crippen molar-refractivity contribution < 1.29 is 13.2 Å². The molecule has 0 aliphatic carbocycles. The van der Waals surface area contributed by atoms with Crippen LogP contribution in [0.25, 0.3) is 0 Å². The number of amides is 1. The molecule has 3 rings (SSSR count). The van der Waals surface area contributed by atoms with Gasteiger partial charge in [-0.15, -0.1) is 0 Å². The van der Waals surface area contributed by atoms with Crippen LogP contribution < -0.4 is 4.90 Å². The normalized spacial score (nSPS) is 16.7. The zero-order chi connectivity index (χ0) is 19.9. The second kappa shape index (κ2) is 7.72. The third-order valence-corrected chi connectivity index (χ3v) is 7.48. The molecule has 0 saturated carbocycles. The summed E-state index contributed by atoms with van der Waals surface area (Å²) in [6, 6.07) is 9.87. The van der Waals surface area contributed by atoms with Crippen molar-refractivity contribution in [3.8, 4) is 0 Å². The second-order valence-electron chi connectivity index (χ2n) is 6.43. The van der Waals surface area contributed by atoms with Gasteiger partial charge in [-0.05, 0) is 55.3 Å². The van der Waals surface area contributed by atoms with Gasteiger partial charge in [0, 0.05) is 28.3 Å². The molecular formula is C18H17BrCl2N2O3S. The molecule has 5 nitrogen and oxygen atoms in total. The Morgan fingerprint density at radius 3 is 2.67 bits per heavy atom. The highest BCUT2D eigenvalue weighted by molar-refractivity contribution is 9.10. The highest BCUT2D eigenvalue weighted by atomic mass is 79.9. The van der Waals surface area contributed by atoms with Gasteiger partial charge in [0.05, 0.1) is 11.6 Å². The van der Waals surface area contributed by atoms with Crippen LogP contribution >= 0.6 is 39.1 Å². The van der Waals surface area contributed by atoms with Crippen molar-refractivity contribution in [2.45, 2.75) is 24.3 Å². The lowest BCUT2D eigenvalue weighted by molar-refractivity contribution is -0.118. The van der Waals surface area contributed by atoms with Gasteiger partial charge in [-0.25, -0.2) is 8.42 Å². The average molecular weight is 492 g/mol. The number of benzene rings is 2. The minimum absolute atomic E-state index is 0.0485. The van der Waals surface area contributed by atoms with Crippen LogP contribution in [0.1, 0.15) is 12.5 Å². The topological polar surface area (TPSA) is 57.7 Å². The summed E-state index contributed by atoms with van der Waals surface area (Å²) in [5.41, 5.74) is 1.86. The van der Waals surface area contributed by atoms with Crippen LogP contribution in [0.5, 0.6) is 0 Å². The molecule has 0 bridgehead atoms. The number of carbonyl (C=O) groups excluding carboxylic acids is 1. The van der Waals surface area contributed by atoms with Gasteiger partial charge in [-0.3, -0.25) is 4.79 Å². The molecule has 1 aliphatic heterocycles. The van der Waals surface area contributed by atoms with Crippen LogP contribution in [0.4, 0.5) is 5.69 Å². The average Bonchev–Trinajstić information content (AvgIpc) is 2.91. The predicted molar refractivity (Wildman–Crippen MR) is 111 cm³/mol. The van der Waals surface area contributed by atoms with E-state index in [1.54, 1.807) is 4.90 Å². The molecule has 0 spiro atoms. The molecule has 2 aromatic rings. The van der Waals surface area contributed by atoms with Crippen LogP contribution in [-0.2, 0) is 21.2 Å². The first kappa shape index (κ1) is 20.6. The molecule has 1 heterocycles. The summed E-state index contributed by atoms with van der Waals surface area (Å²) in [5.74, 6) is -0.298. The Morgan fingerprint density at radius 2 is 1.96 bits per heavy atom. The predicted octanol–water partition coefficient (Wildman–Crippen LogP) is 4.35. The maximum Gasteiger partial charge on any atom is 0.244 e. The number of anilines is 1. The fraction of sp³-hybridized carbons (Fsp3) is 0.278. The van der Waals surface area contributed by atoms with Crippen molar-refractivity contribution in [3.63, 3.8) is 0 Å². The Bertz CT molecular complexity index is 1010. The van der Waals surface area contributed by atoms with Crippen LogP contribution in [0.2, 0.25) is 10.0 Å². The summed E-state index contributed by atoms with van der Waals surface area (Å²) in [5, 5.41) is 0.314. The molecule has 1 amide bonds. The summed E-state index contributed by atoms with van der Waals surface area (Å²) in [7, 11) is -2.60. The smallest absolute Gasteiger partial charge is 0.244 e. The minimum Gasteiger partial charge on any atom is -0.308 e. The number of likely N-dealkylation sites (N-methyl/N-ethyl adjacent to an activating group) is 1. The molecule has 0 aromatic heterocycles. The Labute approximate surface area is 177 Å². The number of hydrogen-bond acceptors (Lipinski definition) is 3. The summed E-state index contributed by atoms with van der Waals surface area (Å²) in [4.78, 5) is 14.4. The SMILES string of the molecule is C[C@H]1Cc2cc(Br)ccc2N1C(=O)CN(C)S(=O)(=O)c1cc(Cl)ccc1Cl. The fourth-order valence-corrected chi connectivity index (χ4v) is 5.44. The van der Waals surface area contributed by atoms with E-state index in [1.807, 2.05) is 25.1 Å². The maximum absolute atomic E-state index is 12.9. The second-order valence-corrected chi connectivity index (χ2v) is 10.2. The lowest BCUT2D eigenvalue weighted by atomic mass is 10.1. The molecule has 0 saturated heterocycles. The zero-order valence-corrected chi connectivity index (χ0v) is 18.5. The molecule has 144 valence electrons. The van der Waals surface area contributed by atoms with Gasteiger partial charge in [-0.1, -0.05) is 39.1 Å². The van der Waals surface area contributed by atoms with Gasteiger partial charge in [0.1, 0.15) is 4.90 Å². The van der Waals surface area contributed by atoms with Crippen LogP contribution in [0.3, 0.4) is 0 Å². The molecular weight excluding hydrogens is 475 g/mol. The van der Waals surface area contributed by atoms with Crippen LogP contribution in [0.15, 0.2) is 45.8 Å². The Balaban J connectivity index is 1.85. The molecule has 0 N–H and O–H groups in total. The van der Waals surface area contributed by atoms with Crippen molar-refractivity contribution in [1.29, 1.82) is 0 Å². The first-order valence-corrected chi connectivity index (χ1v) is 11.1. The molecule has 2 aromatic carbocycles. The summed E-state index contributed by atoms with van der Waals surface area (Å²) < 4.78 is 27.6. The number of fused-ring (bicyclic) bond motifs is 1. The minimum atomic E-state index is -3.96. The molecule has 0 radical (unpaired) electrons. The molecule has 9 heteroatoms. The van der Waals surface area contributed by atoms with Gasteiger partial charge in [0.15, 0.2) is 0 Å². The van der Waals surface area contributed by atoms with E-state index < -0.39 is 10.0 Å². The molecule has 0 unspecified atom stereocenters. The highest BCUT2D eigenvalue weighted by Gasteiger charge is 2.34. The third-order valence-electron chi connectivity index (χ3n) is 4.47. The van der Waals surface area contributed by atoms with Crippen LogP contribution in [-0.4, -0.2) is 38.3 Å². The number of hydrogen-bond donors (Lipinski definition) is 0. The molecule has 0 fully saturated rings. The monoisotopic (exact) mass is 490 g/mol. The van der Waals surface area contributed by atoms with E-state index in [9.17, 15) is 13.2 Å². The Morgan fingerprint density at radius 1 is 1.26 bits per heavy atom. The van der Waals surface area contributed by atoms with Crippen molar-refractivity contribution in [2.75, 3.05) is 18.5 Å². The van der Waals surface area contributed by atoms with E-state index in [4.69, 9.17) is 23.2 Å². The van der Waals surface area contributed by atoms with Gasteiger partial charge in [0.25, 0.3) is 0 Å². The molecule has 27 heavy (non-hydrogen) atoms. The zero-order valence-electron chi connectivity index (χ0n) is 14.6. The fourth-order valence-electron chi connectivity index (χ4n) is 3.17. The number of halogens is 3. The Kier molecular flexibility index (Phi) is 5.89. The Hall–Kier alpha value is -1.12. The van der Waals surface area contributed by atoms with E-state index in [0.29, 0.717) is 0 Å². The summed E-state index contributed by atoms with van der Waals surface area (Å²) in [6.45, 7) is 1.64. The van der Waals surface area contributed by atoms with Crippen molar-refractivity contribution in [2.24, 2.45) is 0 Å². The van der Waals surface area contributed by atoms with Gasteiger partial charge in [0.2, 0.25) is 15.9 Å². The quantitative estimate of drug-likeness (QED) is 0.638. The lowest BCUT2D eigenvalue weighted by Crippen LogP contribution is -2.43. The van der Waals surface area contributed by atoms with Gasteiger partial charge < -0.3 is 4.90 Å². The summed E-state index contributed by atoms with van der Waals surface area (Å²) >= 11 is 15.4. The number of rotatable bonds is 4. The maximum atomic E-state index is 12.9. The number of sulfonamides is 1. The first-order chi connectivity index (χ1) is 12.6. The molecule has 1 atom stereocenters. The van der Waals surface area contributed by atoms with E-state index >= 15 is 0 Å². The summed E-state index contributed by atoms with van der Waals surface area (Å²) in [6.07, 6.45) is 0.719. The first-order valence-electron chi connectivity index (χ1n) is 8.13. The number of carbonyl (C=O) groups is 1. The highest BCUT2D eigenvalue weighted by Crippen LogP contribution is 2.34. The van der Waals surface area contributed by atoms with E-state index in [1.165, 1.54) is 25.2 Å². The van der Waals surface area contributed by atoms with Crippen molar-refractivity contribution >= 4 is 60.7 Å². The van der Waals surface area contributed by atoms with Gasteiger partial charge >= 0.3 is 0 Å². The van der Waals surface area contributed by atoms with Gasteiger partial charge in [-0.2, -0.15) is 4.31 Å². The third kappa shape index (κ3) is 4.03. The number of nitrogens with zero attached hydrogens (tertiary/aromatic N) is 2. The van der Waals surface area contributed by atoms with Crippen molar-refractivity contribution in [1.82, 2.24) is 4.31 Å². The van der Waals surface area contributed by atoms with E-state index in [0.717, 1.165) is 26.4 Å².